The van der Waals surface area contributed by atoms with Gasteiger partial charge in [0, 0.05) is 18.0 Å². The van der Waals surface area contributed by atoms with Crippen molar-refractivity contribution in [1.82, 2.24) is 24.5 Å². The lowest BCUT2D eigenvalue weighted by atomic mass is 10.2. The number of pyridine rings is 2. The zero-order valence-electron chi connectivity index (χ0n) is 15.5. The fraction of sp³-hybridized carbons (Fsp3) is 0.0952. The first-order valence-electron chi connectivity index (χ1n) is 8.90. The zero-order chi connectivity index (χ0) is 20.1. The van der Waals surface area contributed by atoms with Crippen LogP contribution >= 0.6 is 11.3 Å². The Balaban J connectivity index is 1.53. The molecule has 0 aromatic carbocycles. The number of nitrogens with one attached hydrogen (secondary N) is 1. The minimum atomic E-state index is -0.303. The predicted molar refractivity (Wildman–Crippen MR) is 112 cm³/mol. The Bertz CT molecular complexity index is 1200. The molecule has 0 aliphatic heterocycles. The van der Waals surface area contributed by atoms with E-state index in [1.165, 1.54) is 17.5 Å². The van der Waals surface area contributed by atoms with Gasteiger partial charge in [-0.2, -0.15) is 0 Å². The fourth-order valence-corrected chi connectivity index (χ4v) is 3.30. The third kappa shape index (κ3) is 4.20. The van der Waals surface area contributed by atoms with Crippen LogP contribution in [0.1, 0.15) is 29.5 Å². The van der Waals surface area contributed by atoms with Crippen LogP contribution in [0.5, 0.6) is 0 Å². The summed E-state index contributed by atoms with van der Waals surface area (Å²) in [6, 6.07) is 9.28. The second-order valence-corrected chi connectivity index (χ2v) is 6.77. The number of amides is 1. The Morgan fingerprint density at radius 3 is 2.90 bits per heavy atom. The standard InChI is InChI=1S/C21H16N6OS/c1-2-3-6-15-7-4-9-17(24-15)18-13-29-21(25-18)26-20(28)19-12-23-14-27(19)16-8-5-10-22-11-16/h4-5,7-14H,2H2,1H3,(H,25,26,28). The summed E-state index contributed by atoms with van der Waals surface area (Å²) in [5, 5.41) is 5.16. The first-order chi connectivity index (χ1) is 14.2. The predicted octanol–water partition coefficient (Wildman–Crippen LogP) is 3.80. The average molecular weight is 400 g/mol. The van der Waals surface area contributed by atoms with Crippen LogP contribution in [0.3, 0.4) is 0 Å². The van der Waals surface area contributed by atoms with E-state index in [4.69, 9.17) is 0 Å². The molecule has 0 atom stereocenters. The van der Waals surface area contributed by atoms with Crippen molar-refractivity contribution in [2.75, 3.05) is 5.32 Å². The van der Waals surface area contributed by atoms with Gasteiger partial charge in [0.2, 0.25) is 0 Å². The third-order valence-electron chi connectivity index (χ3n) is 3.92. The molecule has 4 heterocycles. The summed E-state index contributed by atoms with van der Waals surface area (Å²) in [5.41, 5.74) is 3.24. The molecule has 0 aliphatic rings. The van der Waals surface area contributed by atoms with E-state index in [1.807, 2.05) is 36.6 Å². The number of hydrogen-bond donors (Lipinski definition) is 1. The van der Waals surface area contributed by atoms with Crippen LogP contribution < -0.4 is 5.32 Å². The number of rotatable bonds is 4. The quantitative estimate of drug-likeness (QED) is 0.527. The Hall–Kier alpha value is -3.83. The monoisotopic (exact) mass is 400 g/mol. The molecule has 0 radical (unpaired) electrons. The summed E-state index contributed by atoms with van der Waals surface area (Å²) >= 11 is 1.33. The van der Waals surface area contributed by atoms with Gasteiger partial charge >= 0.3 is 0 Å². The van der Waals surface area contributed by atoms with Crippen molar-refractivity contribution in [3.63, 3.8) is 0 Å². The van der Waals surface area contributed by atoms with E-state index in [0.717, 1.165) is 12.1 Å². The van der Waals surface area contributed by atoms with Gasteiger partial charge in [-0.25, -0.2) is 15.0 Å². The van der Waals surface area contributed by atoms with Crippen molar-refractivity contribution in [1.29, 1.82) is 0 Å². The van der Waals surface area contributed by atoms with Gasteiger partial charge in [0.15, 0.2) is 5.13 Å². The molecule has 0 aliphatic carbocycles. The highest BCUT2D eigenvalue weighted by Crippen LogP contribution is 2.24. The van der Waals surface area contributed by atoms with Crippen LogP contribution in [0.15, 0.2) is 60.6 Å². The SMILES string of the molecule is CCC#Cc1cccc(-c2csc(NC(=O)c3cncn3-c3cccnc3)n2)n1. The Kier molecular flexibility index (Phi) is 5.40. The number of aromatic nitrogens is 5. The number of imidazole rings is 1. The Morgan fingerprint density at radius 2 is 2.07 bits per heavy atom. The van der Waals surface area contributed by atoms with Gasteiger partial charge in [-0.3, -0.25) is 19.7 Å². The van der Waals surface area contributed by atoms with Crippen LogP contribution in [0, 0.1) is 11.8 Å². The molecule has 29 heavy (non-hydrogen) atoms. The molecular weight excluding hydrogens is 384 g/mol. The lowest BCUT2D eigenvalue weighted by molar-refractivity contribution is 0.102. The minimum Gasteiger partial charge on any atom is -0.296 e. The van der Waals surface area contributed by atoms with E-state index in [2.05, 4.69) is 37.1 Å². The summed E-state index contributed by atoms with van der Waals surface area (Å²) in [6.07, 6.45) is 7.20. The molecule has 7 nitrogen and oxygen atoms in total. The highest BCUT2D eigenvalue weighted by molar-refractivity contribution is 7.14. The van der Waals surface area contributed by atoms with Crippen LogP contribution in [0.4, 0.5) is 5.13 Å². The van der Waals surface area contributed by atoms with Gasteiger partial charge < -0.3 is 0 Å². The molecule has 0 unspecified atom stereocenters. The lowest BCUT2D eigenvalue weighted by Crippen LogP contribution is -2.16. The number of carbonyl (C=O) groups is 1. The van der Waals surface area contributed by atoms with Gasteiger partial charge in [-0.1, -0.05) is 18.9 Å². The van der Waals surface area contributed by atoms with Crippen LogP contribution in [-0.4, -0.2) is 30.4 Å². The smallest absolute Gasteiger partial charge is 0.276 e. The van der Waals surface area contributed by atoms with E-state index < -0.39 is 0 Å². The number of nitrogens with zero attached hydrogens (tertiary/aromatic N) is 5. The molecule has 1 N–H and O–H groups in total. The third-order valence-corrected chi connectivity index (χ3v) is 4.68. The van der Waals surface area contributed by atoms with Crippen molar-refractivity contribution in [3.05, 3.63) is 72.0 Å². The summed E-state index contributed by atoms with van der Waals surface area (Å²) < 4.78 is 1.67. The number of carbonyl (C=O) groups excluding carboxylic acids is 1. The van der Waals surface area contributed by atoms with Crippen LogP contribution in [-0.2, 0) is 0 Å². The molecule has 4 aromatic heterocycles. The van der Waals surface area contributed by atoms with Crippen molar-refractivity contribution in [3.8, 4) is 28.9 Å². The van der Waals surface area contributed by atoms with Crippen LogP contribution in [0.2, 0.25) is 0 Å². The first kappa shape index (κ1) is 18.5. The molecule has 4 rings (SSSR count). The Labute approximate surface area is 171 Å². The van der Waals surface area contributed by atoms with Crippen LogP contribution in [0.25, 0.3) is 17.1 Å². The van der Waals surface area contributed by atoms with Gasteiger partial charge in [0.1, 0.15) is 17.1 Å². The topological polar surface area (TPSA) is 85.6 Å². The normalized spacial score (nSPS) is 10.2. The van der Waals surface area contributed by atoms with Gasteiger partial charge in [-0.05, 0) is 30.2 Å². The maximum atomic E-state index is 12.7. The van der Waals surface area contributed by atoms with E-state index >= 15 is 0 Å². The lowest BCUT2D eigenvalue weighted by Gasteiger charge is -2.06. The van der Waals surface area contributed by atoms with E-state index in [-0.39, 0.29) is 5.91 Å². The summed E-state index contributed by atoms with van der Waals surface area (Å²) in [6.45, 7) is 1.99. The summed E-state index contributed by atoms with van der Waals surface area (Å²) in [4.78, 5) is 29.9. The molecule has 0 saturated heterocycles. The molecule has 0 fully saturated rings. The van der Waals surface area contributed by atoms with E-state index in [1.54, 1.807) is 29.4 Å². The maximum absolute atomic E-state index is 12.7. The molecule has 1 amide bonds. The second-order valence-electron chi connectivity index (χ2n) is 5.92. The summed E-state index contributed by atoms with van der Waals surface area (Å²) in [5.74, 6) is 5.72. The second kappa shape index (κ2) is 8.46. The highest BCUT2D eigenvalue weighted by Gasteiger charge is 2.15. The molecular formula is C21H16N6OS. The average Bonchev–Trinajstić information content (AvgIpc) is 3.43. The summed E-state index contributed by atoms with van der Waals surface area (Å²) in [7, 11) is 0. The van der Waals surface area contributed by atoms with E-state index in [0.29, 0.717) is 27.9 Å². The molecule has 142 valence electrons. The van der Waals surface area contributed by atoms with Crippen molar-refractivity contribution >= 4 is 22.4 Å². The van der Waals surface area contributed by atoms with Gasteiger partial charge in [0.25, 0.3) is 5.91 Å². The zero-order valence-corrected chi connectivity index (χ0v) is 16.3. The van der Waals surface area contributed by atoms with Gasteiger partial charge in [0.05, 0.1) is 30.1 Å². The maximum Gasteiger partial charge on any atom is 0.276 e. The molecule has 0 saturated carbocycles. The van der Waals surface area contributed by atoms with Crippen molar-refractivity contribution in [2.45, 2.75) is 13.3 Å². The molecule has 8 heteroatoms. The first-order valence-corrected chi connectivity index (χ1v) is 9.78. The Morgan fingerprint density at radius 1 is 1.14 bits per heavy atom. The molecule has 0 bridgehead atoms. The minimum absolute atomic E-state index is 0.303. The molecule has 4 aromatic rings. The number of hydrogen-bond acceptors (Lipinski definition) is 6. The number of thiazole rings is 1. The van der Waals surface area contributed by atoms with E-state index in [9.17, 15) is 4.79 Å². The largest absolute Gasteiger partial charge is 0.296 e. The van der Waals surface area contributed by atoms with Crippen molar-refractivity contribution < 1.29 is 4.79 Å². The number of anilines is 1. The fourth-order valence-electron chi connectivity index (χ4n) is 2.60. The highest BCUT2D eigenvalue weighted by atomic mass is 32.1. The van der Waals surface area contributed by atoms with Gasteiger partial charge in [-0.15, -0.1) is 11.3 Å². The van der Waals surface area contributed by atoms with Crippen molar-refractivity contribution in [2.24, 2.45) is 0 Å². The molecule has 0 spiro atoms.